The molecule has 0 N–H and O–H groups in total. The van der Waals surface area contributed by atoms with Crippen molar-refractivity contribution in [3.05, 3.63) is 41.5 Å². The predicted molar refractivity (Wildman–Crippen MR) is 56.1 cm³/mol. The van der Waals surface area contributed by atoms with E-state index in [1.54, 1.807) is 0 Å². The zero-order valence-electron chi connectivity index (χ0n) is 8.50. The van der Waals surface area contributed by atoms with Crippen LogP contribution in [0.25, 0.3) is 0 Å². The molecule has 0 heterocycles. The molecule has 0 amide bonds. The molecular weight excluding hydrogens is 160 g/mol. The van der Waals surface area contributed by atoms with Gasteiger partial charge in [-0.1, -0.05) is 17.7 Å². The summed E-state index contributed by atoms with van der Waals surface area (Å²) in [5.41, 5.74) is 2.52. The summed E-state index contributed by atoms with van der Waals surface area (Å²) in [6.07, 6.45) is 2.07. The summed E-state index contributed by atoms with van der Waals surface area (Å²) in [5.74, 6) is 0.942. The average molecular weight is 176 g/mol. The summed E-state index contributed by atoms with van der Waals surface area (Å²) < 4.78 is 5.52. The Labute approximate surface area is 80.0 Å². The van der Waals surface area contributed by atoms with E-state index in [0.29, 0.717) is 6.61 Å². The Kier molecular flexibility index (Phi) is 3.56. The van der Waals surface area contributed by atoms with Gasteiger partial charge >= 0.3 is 0 Å². The average Bonchev–Trinajstić information content (AvgIpc) is 2.03. The first-order valence-electron chi connectivity index (χ1n) is 4.51. The minimum absolute atomic E-state index is 0.659. The quantitative estimate of drug-likeness (QED) is 0.642. The summed E-state index contributed by atoms with van der Waals surface area (Å²) in [5, 5.41) is 0. The van der Waals surface area contributed by atoms with E-state index in [-0.39, 0.29) is 0 Å². The highest BCUT2D eigenvalue weighted by Crippen LogP contribution is 2.12. The van der Waals surface area contributed by atoms with Gasteiger partial charge in [0.05, 0.1) is 0 Å². The highest BCUT2D eigenvalue weighted by molar-refractivity contribution is 5.27. The normalized spacial score (nSPS) is 9.46. The highest BCUT2D eigenvalue weighted by atomic mass is 16.5. The maximum absolute atomic E-state index is 5.52. The minimum atomic E-state index is 0.659. The first-order chi connectivity index (χ1) is 6.18. The third-order valence-corrected chi connectivity index (χ3v) is 1.73. The molecule has 1 nitrogen and oxygen atoms in total. The molecule has 0 bridgehead atoms. The van der Waals surface area contributed by atoms with Crippen molar-refractivity contribution in [3.63, 3.8) is 0 Å². The van der Waals surface area contributed by atoms with Crippen LogP contribution in [0.1, 0.15) is 19.4 Å². The topological polar surface area (TPSA) is 9.23 Å². The minimum Gasteiger partial charge on any atom is -0.490 e. The number of hydrogen-bond acceptors (Lipinski definition) is 1. The SMILES string of the molecule is CC(C)=CCOc1cccc(C)c1. The van der Waals surface area contributed by atoms with Crippen LogP contribution in [0, 0.1) is 6.92 Å². The van der Waals surface area contributed by atoms with Gasteiger partial charge in [-0.25, -0.2) is 0 Å². The van der Waals surface area contributed by atoms with Gasteiger partial charge in [0.1, 0.15) is 12.4 Å². The molecule has 1 rings (SSSR count). The summed E-state index contributed by atoms with van der Waals surface area (Å²) in [6.45, 7) is 6.86. The van der Waals surface area contributed by atoms with Crippen LogP contribution in [-0.4, -0.2) is 6.61 Å². The molecule has 13 heavy (non-hydrogen) atoms. The molecule has 0 aromatic heterocycles. The molecule has 0 fully saturated rings. The molecule has 0 unspecified atom stereocenters. The first-order valence-corrected chi connectivity index (χ1v) is 4.51. The fourth-order valence-electron chi connectivity index (χ4n) is 1.01. The first kappa shape index (κ1) is 9.85. The molecule has 1 heteroatoms. The zero-order valence-corrected chi connectivity index (χ0v) is 8.50. The monoisotopic (exact) mass is 176 g/mol. The van der Waals surface area contributed by atoms with E-state index in [4.69, 9.17) is 4.74 Å². The molecule has 0 spiro atoms. The summed E-state index contributed by atoms with van der Waals surface area (Å²) >= 11 is 0. The number of aryl methyl sites for hydroxylation is 1. The standard InChI is InChI=1S/C12H16O/c1-10(2)7-8-13-12-6-4-5-11(3)9-12/h4-7,9H,8H2,1-3H3. The molecule has 0 saturated heterocycles. The van der Waals surface area contributed by atoms with Crippen molar-refractivity contribution in [2.45, 2.75) is 20.8 Å². The van der Waals surface area contributed by atoms with E-state index in [9.17, 15) is 0 Å². The van der Waals surface area contributed by atoms with Crippen LogP contribution in [0.5, 0.6) is 5.75 Å². The molecule has 0 saturated carbocycles. The second kappa shape index (κ2) is 4.70. The molecule has 0 aliphatic carbocycles. The van der Waals surface area contributed by atoms with E-state index in [1.807, 2.05) is 18.2 Å². The summed E-state index contributed by atoms with van der Waals surface area (Å²) in [6, 6.07) is 8.09. The Hall–Kier alpha value is -1.24. The summed E-state index contributed by atoms with van der Waals surface area (Å²) in [4.78, 5) is 0. The van der Waals surface area contributed by atoms with Crippen LogP contribution in [0.3, 0.4) is 0 Å². The van der Waals surface area contributed by atoms with Gasteiger partial charge in [0.15, 0.2) is 0 Å². The van der Waals surface area contributed by atoms with Gasteiger partial charge in [0.25, 0.3) is 0 Å². The number of hydrogen-bond donors (Lipinski definition) is 0. The van der Waals surface area contributed by atoms with E-state index in [1.165, 1.54) is 11.1 Å². The Balaban J connectivity index is 2.50. The fourth-order valence-corrected chi connectivity index (χ4v) is 1.01. The van der Waals surface area contributed by atoms with Crippen LogP contribution in [0.15, 0.2) is 35.9 Å². The zero-order chi connectivity index (χ0) is 9.68. The second-order valence-corrected chi connectivity index (χ2v) is 3.41. The third kappa shape index (κ3) is 3.79. The lowest BCUT2D eigenvalue weighted by Gasteiger charge is -2.03. The van der Waals surface area contributed by atoms with Crippen molar-refractivity contribution in [1.29, 1.82) is 0 Å². The Morgan fingerprint density at radius 3 is 2.77 bits per heavy atom. The summed E-state index contributed by atoms with van der Waals surface area (Å²) in [7, 11) is 0. The maximum Gasteiger partial charge on any atom is 0.120 e. The molecule has 0 aliphatic heterocycles. The van der Waals surface area contributed by atoms with E-state index in [2.05, 4.69) is 32.9 Å². The van der Waals surface area contributed by atoms with Crippen molar-refractivity contribution in [2.24, 2.45) is 0 Å². The molecule has 1 aromatic rings. The molecular formula is C12H16O. The van der Waals surface area contributed by atoms with Gasteiger partial charge in [-0.2, -0.15) is 0 Å². The Morgan fingerprint density at radius 1 is 1.38 bits per heavy atom. The van der Waals surface area contributed by atoms with Crippen molar-refractivity contribution in [1.82, 2.24) is 0 Å². The highest BCUT2D eigenvalue weighted by Gasteiger charge is 1.90. The Morgan fingerprint density at radius 2 is 2.15 bits per heavy atom. The van der Waals surface area contributed by atoms with E-state index in [0.717, 1.165) is 5.75 Å². The lowest BCUT2D eigenvalue weighted by molar-refractivity contribution is 0.362. The number of benzene rings is 1. The van der Waals surface area contributed by atoms with E-state index >= 15 is 0 Å². The number of rotatable bonds is 3. The van der Waals surface area contributed by atoms with Gasteiger partial charge in [-0.05, 0) is 44.5 Å². The smallest absolute Gasteiger partial charge is 0.120 e. The van der Waals surface area contributed by atoms with Gasteiger partial charge in [0.2, 0.25) is 0 Å². The molecule has 70 valence electrons. The van der Waals surface area contributed by atoms with E-state index < -0.39 is 0 Å². The largest absolute Gasteiger partial charge is 0.490 e. The third-order valence-electron chi connectivity index (χ3n) is 1.73. The van der Waals surface area contributed by atoms with Gasteiger partial charge in [-0.15, -0.1) is 0 Å². The van der Waals surface area contributed by atoms with Crippen molar-refractivity contribution < 1.29 is 4.74 Å². The van der Waals surface area contributed by atoms with Crippen LogP contribution < -0.4 is 4.74 Å². The predicted octanol–water partition coefficient (Wildman–Crippen LogP) is 3.34. The van der Waals surface area contributed by atoms with Gasteiger partial charge < -0.3 is 4.74 Å². The fraction of sp³-hybridized carbons (Fsp3) is 0.333. The van der Waals surface area contributed by atoms with Gasteiger partial charge in [-0.3, -0.25) is 0 Å². The van der Waals surface area contributed by atoms with Crippen LogP contribution in [-0.2, 0) is 0 Å². The molecule has 1 aromatic carbocycles. The van der Waals surface area contributed by atoms with Crippen LogP contribution in [0.2, 0.25) is 0 Å². The number of allylic oxidation sites excluding steroid dienone is 1. The van der Waals surface area contributed by atoms with Crippen molar-refractivity contribution in [3.8, 4) is 5.75 Å². The van der Waals surface area contributed by atoms with Gasteiger partial charge in [0, 0.05) is 0 Å². The van der Waals surface area contributed by atoms with Crippen LogP contribution in [0.4, 0.5) is 0 Å². The lowest BCUT2D eigenvalue weighted by Crippen LogP contribution is -1.93. The number of ether oxygens (including phenoxy) is 1. The van der Waals surface area contributed by atoms with Crippen molar-refractivity contribution in [2.75, 3.05) is 6.61 Å². The molecule has 0 radical (unpaired) electrons. The second-order valence-electron chi connectivity index (χ2n) is 3.41. The lowest BCUT2D eigenvalue weighted by atomic mass is 10.2. The maximum atomic E-state index is 5.52. The molecule has 0 atom stereocenters. The van der Waals surface area contributed by atoms with Crippen LogP contribution >= 0.6 is 0 Å². The molecule has 0 aliphatic rings. The Bertz CT molecular complexity index is 296. The van der Waals surface area contributed by atoms with Crippen molar-refractivity contribution >= 4 is 0 Å².